The van der Waals surface area contributed by atoms with E-state index >= 15 is 0 Å². The van der Waals surface area contributed by atoms with Gasteiger partial charge in [0.05, 0.1) is 19.8 Å². The van der Waals surface area contributed by atoms with Gasteiger partial charge < -0.3 is 23.4 Å². The van der Waals surface area contributed by atoms with Crippen molar-refractivity contribution in [2.45, 2.75) is 97.6 Å². The summed E-state index contributed by atoms with van der Waals surface area (Å²) in [5, 5.41) is -0.00908. The third kappa shape index (κ3) is 7.61. The van der Waals surface area contributed by atoms with Crippen LogP contribution in [0.4, 0.5) is 0 Å². The molecule has 8 heteroatoms. The molecular formula is C22H40O7Si. The summed E-state index contributed by atoms with van der Waals surface area (Å²) >= 11 is 0. The van der Waals surface area contributed by atoms with Gasteiger partial charge >= 0.3 is 11.9 Å². The first-order valence-corrected chi connectivity index (χ1v) is 13.9. The van der Waals surface area contributed by atoms with E-state index in [4.69, 9.17) is 23.4 Å². The second-order valence-electron chi connectivity index (χ2n) is 9.14. The van der Waals surface area contributed by atoms with Crippen LogP contribution in [0.1, 0.15) is 67.2 Å². The summed E-state index contributed by atoms with van der Waals surface area (Å²) in [4.78, 5) is 24.3. The Morgan fingerprint density at radius 2 is 1.67 bits per heavy atom. The maximum Gasteiger partial charge on any atom is 0.378 e. The fraction of sp³-hybridized carbons (Fsp3) is 0.818. The Kier molecular flexibility index (Phi) is 10.4. The monoisotopic (exact) mass is 444 g/mol. The summed E-state index contributed by atoms with van der Waals surface area (Å²) in [7, 11) is -2.10. The van der Waals surface area contributed by atoms with Gasteiger partial charge in [-0.3, -0.25) is 4.79 Å². The van der Waals surface area contributed by atoms with Crippen LogP contribution < -0.4 is 0 Å². The van der Waals surface area contributed by atoms with Gasteiger partial charge in [0.25, 0.3) is 0 Å². The fourth-order valence-corrected chi connectivity index (χ4v) is 3.54. The largest absolute Gasteiger partial charge is 0.490 e. The molecule has 1 aliphatic rings. The van der Waals surface area contributed by atoms with E-state index in [0.29, 0.717) is 19.0 Å². The molecule has 0 aliphatic carbocycles. The number of hydrogen-bond donors (Lipinski definition) is 0. The number of hydrogen-bond acceptors (Lipinski definition) is 7. The number of carbonyl (C=O) groups is 2. The van der Waals surface area contributed by atoms with Crippen molar-refractivity contribution in [1.82, 2.24) is 0 Å². The van der Waals surface area contributed by atoms with Crippen molar-refractivity contribution < 1.29 is 33.0 Å². The first-order chi connectivity index (χ1) is 13.9. The highest BCUT2D eigenvalue weighted by Crippen LogP contribution is 2.37. The third-order valence-corrected chi connectivity index (χ3v) is 9.97. The van der Waals surface area contributed by atoms with E-state index in [1.807, 2.05) is 6.92 Å². The lowest BCUT2D eigenvalue weighted by atomic mass is 10.1. The molecule has 0 N–H and O–H groups in total. The van der Waals surface area contributed by atoms with E-state index in [-0.39, 0.29) is 17.4 Å². The molecule has 0 spiro atoms. The first kappa shape index (κ1) is 26.5. The van der Waals surface area contributed by atoms with E-state index in [0.717, 1.165) is 25.7 Å². The Balaban J connectivity index is 3.11. The maximum atomic E-state index is 12.5. The van der Waals surface area contributed by atoms with Crippen molar-refractivity contribution in [1.29, 1.82) is 0 Å². The van der Waals surface area contributed by atoms with Crippen LogP contribution in [0.3, 0.4) is 0 Å². The highest BCUT2D eigenvalue weighted by Gasteiger charge is 2.46. The van der Waals surface area contributed by atoms with Crippen LogP contribution in [0, 0.1) is 0 Å². The molecule has 0 bridgehead atoms. The Labute approximate surface area is 182 Å². The van der Waals surface area contributed by atoms with E-state index in [9.17, 15) is 9.59 Å². The quantitative estimate of drug-likeness (QED) is 0.231. The van der Waals surface area contributed by atoms with Crippen molar-refractivity contribution in [3.8, 4) is 0 Å². The summed E-state index contributed by atoms with van der Waals surface area (Å²) in [5.41, 5.74) is 0. The van der Waals surface area contributed by atoms with Gasteiger partial charge in [0, 0.05) is 6.92 Å². The van der Waals surface area contributed by atoms with Gasteiger partial charge in [-0.15, -0.1) is 0 Å². The van der Waals surface area contributed by atoms with Crippen molar-refractivity contribution in [3.05, 3.63) is 11.5 Å². The molecule has 0 saturated heterocycles. The predicted octanol–water partition coefficient (Wildman–Crippen LogP) is 4.71. The molecule has 2 atom stereocenters. The predicted molar refractivity (Wildman–Crippen MR) is 117 cm³/mol. The molecule has 0 aromatic heterocycles. The van der Waals surface area contributed by atoms with E-state index in [2.05, 4.69) is 40.8 Å². The molecule has 0 fully saturated rings. The minimum Gasteiger partial charge on any atom is -0.490 e. The zero-order valence-electron chi connectivity index (χ0n) is 20.0. The molecule has 1 heterocycles. The lowest BCUT2D eigenvalue weighted by Gasteiger charge is -2.37. The molecule has 0 aromatic rings. The standard InChI is InChI=1S/C22H40O7Si/c1-9-11-13-25-19-18(29-21(24)20(19)26-14-12-10-2)17(28-16(3)23)15-27-30(7,8)22(4,5)6/h17-18H,9-15H2,1-8H3/t17-,18+/m0/s1. The molecule has 0 radical (unpaired) electrons. The van der Waals surface area contributed by atoms with Gasteiger partial charge in [-0.2, -0.15) is 0 Å². The van der Waals surface area contributed by atoms with Crippen molar-refractivity contribution >= 4 is 20.3 Å². The van der Waals surface area contributed by atoms with Crippen LogP contribution in [-0.4, -0.2) is 52.3 Å². The minimum atomic E-state index is -2.10. The molecule has 0 unspecified atom stereocenters. The molecule has 1 aliphatic heterocycles. The number of carbonyl (C=O) groups excluding carboxylic acids is 2. The second-order valence-corrected chi connectivity index (χ2v) is 14.0. The van der Waals surface area contributed by atoms with Crippen LogP contribution in [-0.2, 0) is 33.0 Å². The fourth-order valence-electron chi connectivity index (χ4n) is 2.52. The SMILES string of the molecule is CCCCOC1=C(OCCCC)[C@@H]([C@H](CO[Si](C)(C)C(C)(C)C)OC(C)=O)OC1=O. The molecule has 7 nitrogen and oxygen atoms in total. The zero-order chi connectivity index (χ0) is 22.9. The summed E-state index contributed by atoms with van der Waals surface area (Å²) in [6.07, 6.45) is 1.84. The van der Waals surface area contributed by atoms with Gasteiger partial charge in [0.2, 0.25) is 11.9 Å². The zero-order valence-corrected chi connectivity index (χ0v) is 21.0. The van der Waals surface area contributed by atoms with Crippen LogP contribution in [0.5, 0.6) is 0 Å². The number of cyclic esters (lactones) is 1. The van der Waals surface area contributed by atoms with Crippen LogP contribution in [0.2, 0.25) is 18.1 Å². The number of rotatable bonds is 13. The van der Waals surface area contributed by atoms with Gasteiger partial charge in [0.15, 0.2) is 20.2 Å². The molecule has 0 amide bonds. The van der Waals surface area contributed by atoms with Gasteiger partial charge in [-0.25, -0.2) is 4.79 Å². The van der Waals surface area contributed by atoms with Crippen LogP contribution >= 0.6 is 0 Å². The Morgan fingerprint density at radius 1 is 1.10 bits per heavy atom. The van der Waals surface area contributed by atoms with Crippen LogP contribution in [0.15, 0.2) is 11.5 Å². The van der Waals surface area contributed by atoms with Crippen molar-refractivity contribution in [3.63, 3.8) is 0 Å². The Hall–Kier alpha value is -1.54. The minimum absolute atomic E-state index is 0.00908. The van der Waals surface area contributed by atoms with Gasteiger partial charge in [-0.1, -0.05) is 47.5 Å². The number of ether oxygens (including phenoxy) is 4. The van der Waals surface area contributed by atoms with E-state index in [1.54, 1.807) is 0 Å². The van der Waals surface area contributed by atoms with E-state index < -0.39 is 32.5 Å². The first-order valence-electron chi connectivity index (χ1n) is 11.0. The molecule has 1 rings (SSSR count). The number of esters is 2. The molecular weight excluding hydrogens is 404 g/mol. The maximum absolute atomic E-state index is 12.5. The highest BCUT2D eigenvalue weighted by atomic mass is 28.4. The summed E-state index contributed by atoms with van der Waals surface area (Å²) in [6.45, 7) is 17.0. The average Bonchev–Trinajstić information content (AvgIpc) is 2.94. The second kappa shape index (κ2) is 11.7. The normalized spacial score (nSPS) is 18.3. The smallest absolute Gasteiger partial charge is 0.378 e. The molecule has 30 heavy (non-hydrogen) atoms. The molecule has 174 valence electrons. The Morgan fingerprint density at radius 3 is 2.17 bits per heavy atom. The Bertz CT molecular complexity index is 607. The summed E-state index contributed by atoms with van der Waals surface area (Å²) in [5.74, 6) is -0.682. The summed E-state index contributed by atoms with van der Waals surface area (Å²) in [6, 6.07) is 0. The van der Waals surface area contributed by atoms with Crippen molar-refractivity contribution in [2.75, 3.05) is 19.8 Å². The topological polar surface area (TPSA) is 80.3 Å². The van der Waals surface area contributed by atoms with Gasteiger partial charge in [0.1, 0.15) is 0 Å². The summed E-state index contributed by atoms with van der Waals surface area (Å²) < 4.78 is 28.9. The van der Waals surface area contributed by atoms with Crippen LogP contribution in [0.25, 0.3) is 0 Å². The van der Waals surface area contributed by atoms with Crippen molar-refractivity contribution in [2.24, 2.45) is 0 Å². The lowest BCUT2D eigenvalue weighted by molar-refractivity contribution is -0.163. The lowest BCUT2D eigenvalue weighted by Crippen LogP contribution is -2.46. The average molecular weight is 445 g/mol. The molecule has 0 saturated carbocycles. The highest BCUT2D eigenvalue weighted by molar-refractivity contribution is 6.74. The third-order valence-electron chi connectivity index (χ3n) is 5.47. The van der Waals surface area contributed by atoms with Gasteiger partial charge in [-0.05, 0) is 31.0 Å². The van der Waals surface area contributed by atoms with E-state index in [1.165, 1.54) is 6.92 Å². The number of unbranched alkanes of at least 4 members (excludes halogenated alkanes) is 2. The molecule has 0 aromatic carbocycles.